The number of hydrogen-bond acceptors (Lipinski definition) is 3. The molecule has 0 radical (unpaired) electrons. The molecular weight excluding hydrogens is 202 g/mol. The van der Waals surface area contributed by atoms with Crippen molar-refractivity contribution in [3.05, 3.63) is 47.8 Å². The van der Waals surface area contributed by atoms with Gasteiger partial charge in [-0.15, -0.1) is 0 Å². The van der Waals surface area contributed by atoms with E-state index in [-0.39, 0.29) is 0 Å². The number of phenols is 1. The Kier molecular flexibility index (Phi) is 3.56. The third kappa shape index (κ3) is 3.10. The van der Waals surface area contributed by atoms with Crippen LogP contribution in [0.5, 0.6) is 5.75 Å². The Morgan fingerprint density at radius 3 is 2.69 bits per heavy atom. The quantitative estimate of drug-likeness (QED) is 0.664. The summed E-state index contributed by atoms with van der Waals surface area (Å²) in [5.74, 6) is 0.314. The monoisotopic (exact) mass is 217 g/mol. The van der Waals surface area contributed by atoms with E-state index in [0.717, 1.165) is 25.2 Å². The zero-order chi connectivity index (χ0) is 11.2. The first kappa shape index (κ1) is 10.7. The smallest absolute Gasteiger partial charge is 0.115 e. The van der Waals surface area contributed by atoms with Gasteiger partial charge in [0.05, 0.1) is 0 Å². The van der Waals surface area contributed by atoms with Gasteiger partial charge in [0.2, 0.25) is 0 Å². The van der Waals surface area contributed by atoms with Gasteiger partial charge in [-0.3, -0.25) is 5.10 Å². The molecule has 1 heterocycles. The van der Waals surface area contributed by atoms with Crippen molar-refractivity contribution >= 4 is 0 Å². The van der Waals surface area contributed by atoms with Crippen LogP contribution in [0.25, 0.3) is 0 Å². The van der Waals surface area contributed by atoms with Crippen molar-refractivity contribution in [3.8, 4) is 5.75 Å². The van der Waals surface area contributed by atoms with Gasteiger partial charge < -0.3 is 10.4 Å². The molecule has 0 aliphatic heterocycles. The zero-order valence-electron chi connectivity index (χ0n) is 8.98. The summed E-state index contributed by atoms with van der Waals surface area (Å²) in [5.41, 5.74) is 2.31. The van der Waals surface area contributed by atoms with Crippen molar-refractivity contribution in [2.45, 2.75) is 13.0 Å². The van der Waals surface area contributed by atoms with E-state index in [0.29, 0.717) is 5.75 Å². The number of hydrogen-bond donors (Lipinski definition) is 3. The van der Waals surface area contributed by atoms with Gasteiger partial charge in [0, 0.05) is 18.4 Å². The summed E-state index contributed by atoms with van der Waals surface area (Å²) in [4.78, 5) is 0. The molecule has 0 amide bonds. The summed E-state index contributed by atoms with van der Waals surface area (Å²) < 4.78 is 0. The minimum Gasteiger partial charge on any atom is -0.508 e. The normalized spacial score (nSPS) is 10.5. The molecule has 0 fully saturated rings. The molecule has 1 aromatic heterocycles. The number of nitrogens with one attached hydrogen (secondary N) is 2. The van der Waals surface area contributed by atoms with Crippen LogP contribution in [-0.4, -0.2) is 21.8 Å². The van der Waals surface area contributed by atoms with E-state index in [9.17, 15) is 0 Å². The van der Waals surface area contributed by atoms with Crippen LogP contribution in [0.15, 0.2) is 36.5 Å². The van der Waals surface area contributed by atoms with Crippen molar-refractivity contribution in [2.24, 2.45) is 0 Å². The van der Waals surface area contributed by atoms with Crippen molar-refractivity contribution in [1.29, 1.82) is 0 Å². The van der Waals surface area contributed by atoms with Crippen LogP contribution in [-0.2, 0) is 13.0 Å². The fourth-order valence-corrected chi connectivity index (χ4v) is 1.50. The number of phenolic OH excluding ortho intramolecular Hbond substituents is 1. The Morgan fingerprint density at radius 2 is 2.00 bits per heavy atom. The van der Waals surface area contributed by atoms with Gasteiger partial charge >= 0.3 is 0 Å². The van der Waals surface area contributed by atoms with Crippen molar-refractivity contribution in [2.75, 3.05) is 6.54 Å². The number of rotatable bonds is 5. The first-order valence-corrected chi connectivity index (χ1v) is 5.31. The molecule has 4 heteroatoms. The van der Waals surface area contributed by atoms with E-state index >= 15 is 0 Å². The van der Waals surface area contributed by atoms with Crippen LogP contribution in [0.4, 0.5) is 0 Å². The van der Waals surface area contributed by atoms with Crippen LogP contribution >= 0.6 is 0 Å². The van der Waals surface area contributed by atoms with E-state index in [1.807, 2.05) is 18.2 Å². The van der Waals surface area contributed by atoms with E-state index in [4.69, 9.17) is 5.11 Å². The van der Waals surface area contributed by atoms with Gasteiger partial charge in [0.15, 0.2) is 0 Å². The van der Waals surface area contributed by atoms with Crippen molar-refractivity contribution in [3.63, 3.8) is 0 Å². The summed E-state index contributed by atoms with van der Waals surface area (Å²) in [7, 11) is 0. The highest BCUT2D eigenvalue weighted by molar-refractivity contribution is 5.25. The largest absolute Gasteiger partial charge is 0.508 e. The molecule has 0 bridgehead atoms. The Balaban J connectivity index is 1.70. The van der Waals surface area contributed by atoms with Crippen molar-refractivity contribution < 1.29 is 5.11 Å². The lowest BCUT2D eigenvalue weighted by Crippen LogP contribution is -2.16. The average Bonchev–Trinajstić information content (AvgIpc) is 2.80. The van der Waals surface area contributed by atoms with Crippen molar-refractivity contribution in [1.82, 2.24) is 15.5 Å². The van der Waals surface area contributed by atoms with Crippen LogP contribution < -0.4 is 5.32 Å². The van der Waals surface area contributed by atoms with E-state index in [1.165, 1.54) is 5.56 Å². The fourth-order valence-electron chi connectivity index (χ4n) is 1.50. The molecule has 1 aromatic carbocycles. The number of nitrogens with zero attached hydrogens (tertiary/aromatic N) is 1. The van der Waals surface area contributed by atoms with Gasteiger partial charge in [-0.25, -0.2) is 0 Å². The average molecular weight is 217 g/mol. The third-order valence-corrected chi connectivity index (χ3v) is 2.40. The van der Waals surface area contributed by atoms with Gasteiger partial charge in [0.1, 0.15) is 5.75 Å². The maximum Gasteiger partial charge on any atom is 0.115 e. The molecule has 0 aliphatic rings. The molecular formula is C12H15N3O. The van der Waals surface area contributed by atoms with Crippen LogP contribution in [0.2, 0.25) is 0 Å². The number of aromatic nitrogens is 2. The lowest BCUT2D eigenvalue weighted by Gasteiger charge is -2.03. The maximum atomic E-state index is 9.13. The van der Waals surface area contributed by atoms with Gasteiger partial charge in [-0.05, 0) is 36.7 Å². The van der Waals surface area contributed by atoms with E-state index in [2.05, 4.69) is 15.5 Å². The SMILES string of the molecule is Oc1ccc(CCNCc2ccn[nH]2)cc1. The molecule has 0 spiro atoms. The molecule has 3 N–H and O–H groups in total. The van der Waals surface area contributed by atoms with Crippen LogP contribution in [0.3, 0.4) is 0 Å². The first-order chi connectivity index (χ1) is 7.84. The van der Waals surface area contributed by atoms with E-state index < -0.39 is 0 Å². The number of aromatic hydroxyl groups is 1. The highest BCUT2D eigenvalue weighted by Crippen LogP contribution is 2.09. The number of aromatic amines is 1. The lowest BCUT2D eigenvalue weighted by molar-refractivity contribution is 0.475. The second kappa shape index (κ2) is 5.32. The van der Waals surface area contributed by atoms with Gasteiger partial charge in [-0.1, -0.05) is 12.1 Å². The summed E-state index contributed by atoms with van der Waals surface area (Å²) in [5, 5.41) is 19.2. The van der Waals surface area contributed by atoms with E-state index in [1.54, 1.807) is 18.3 Å². The predicted molar refractivity (Wildman–Crippen MR) is 62.1 cm³/mol. The lowest BCUT2D eigenvalue weighted by atomic mass is 10.1. The molecule has 4 nitrogen and oxygen atoms in total. The summed E-state index contributed by atoms with van der Waals surface area (Å²) in [6.07, 6.45) is 2.70. The fraction of sp³-hybridized carbons (Fsp3) is 0.250. The van der Waals surface area contributed by atoms with Gasteiger partial charge in [0.25, 0.3) is 0 Å². The van der Waals surface area contributed by atoms with Crippen LogP contribution in [0.1, 0.15) is 11.3 Å². The summed E-state index contributed by atoms with van der Waals surface area (Å²) in [6.45, 7) is 1.71. The molecule has 2 rings (SSSR count). The topological polar surface area (TPSA) is 60.9 Å². The highest BCUT2D eigenvalue weighted by Gasteiger charge is 1.95. The highest BCUT2D eigenvalue weighted by atomic mass is 16.3. The molecule has 0 aliphatic carbocycles. The Labute approximate surface area is 94.3 Å². The molecule has 16 heavy (non-hydrogen) atoms. The molecule has 84 valence electrons. The Hall–Kier alpha value is -1.81. The minimum absolute atomic E-state index is 0.314. The predicted octanol–water partition coefficient (Wildman–Crippen LogP) is 1.45. The molecule has 0 saturated carbocycles. The standard InChI is InChI=1S/C12H15N3O/c16-12-3-1-10(2-4-12)5-7-13-9-11-6-8-14-15-11/h1-4,6,8,13,16H,5,7,9H2,(H,14,15). The molecule has 0 saturated heterocycles. The van der Waals surface area contributed by atoms with Crippen LogP contribution in [0, 0.1) is 0 Å². The Bertz CT molecular complexity index is 408. The second-order valence-electron chi connectivity index (χ2n) is 3.68. The summed E-state index contributed by atoms with van der Waals surface area (Å²) >= 11 is 0. The van der Waals surface area contributed by atoms with Gasteiger partial charge in [-0.2, -0.15) is 5.10 Å². The zero-order valence-corrected chi connectivity index (χ0v) is 8.98. The third-order valence-electron chi connectivity index (χ3n) is 2.40. The number of H-pyrrole nitrogens is 1. The number of benzene rings is 1. The maximum absolute atomic E-state index is 9.13. The molecule has 0 unspecified atom stereocenters. The minimum atomic E-state index is 0.314. The first-order valence-electron chi connectivity index (χ1n) is 5.31. The molecule has 2 aromatic rings. The summed E-state index contributed by atoms with van der Waals surface area (Å²) in [6, 6.07) is 9.25. The second-order valence-corrected chi connectivity index (χ2v) is 3.68. The Morgan fingerprint density at radius 1 is 1.19 bits per heavy atom. The molecule has 0 atom stereocenters.